The summed E-state index contributed by atoms with van der Waals surface area (Å²) in [5.74, 6) is 0.671. The highest BCUT2D eigenvalue weighted by molar-refractivity contribution is 7.07. The molecule has 0 aliphatic heterocycles. The number of aromatic hydroxyl groups is 1. The number of rotatable bonds is 6. The number of phenols is 1. The third-order valence-electron chi connectivity index (χ3n) is 3.31. The standard InChI is InChI=1S/C19H15NO3S/c21-17-3-1-2-15(10-17)19(22)9-6-14-4-7-18(8-5-14)23-11-16-12-24-13-20-16/h1-10,12-13,21H,11H2. The van der Waals surface area contributed by atoms with Crippen LogP contribution in [0.5, 0.6) is 11.5 Å². The molecule has 4 nitrogen and oxygen atoms in total. The van der Waals surface area contributed by atoms with Crippen LogP contribution in [0.1, 0.15) is 21.6 Å². The molecule has 0 amide bonds. The van der Waals surface area contributed by atoms with Crippen molar-refractivity contribution in [2.75, 3.05) is 0 Å². The van der Waals surface area contributed by atoms with E-state index in [1.54, 1.807) is 23.7 Å². The number of ether oxygens (including phenoxy) is 1. The van der Waals surface area contributed by atoms with Crippen molar-refractivity contribution in [2.24, 2.45) is 0 Å². The lowest BCUT2D eigenvalue weighted by Gasteiger charge is -2.04. The van der Waals surface area contributed by atoms with Gasteiger partial charge < -0.3 is 9.84 Å². The molecule has 1 aromatic heterocycles. The Morgan fingerprint density at radius 1 is 1.21 bits per heavy atom. The molecule has 2 aromatic carbocycles. The highest BCUT2D eigenvalue weighted by atomic mass is 32.1. The molecule has 0 bridgehead atoms. The number of hydrogen-bond donors (Lipinski definition) is 1. The molecule has 0 spiro atoms. The summed E-state index contributed by atoms with van der Waals surface area (Å²) in [4.78, 5) is 16.2. The quantitative estimate of drug-likeness (QED) is 0.537. The average Bonchev–Trinajstić information content (AvgIpc) is 3.12. The second kappa shape index (κ2) is 7.57. The number of benzene rings is 2. The van der Waals surface area contributed by atoms with Crippen LogP contribution in [0.2, 0.25) is 0 Å². The third-order valence-corrected chi connectivity index (χ3v) is 3.94. The van der Waals surface area contributed by atoms with E-state index in [0.29, 0.717) is 12.2 Å². The number of allylic oxidation sites excluding steroid dienone is 1. The van der Waals surface area contributed by atoms with E-state index in [0.717, 1.165) is 17.0 Å². The predicted molar refractivity (Wildman–Crippen MR) is 94.4 cm³/mol. The Morgan fingerprint density at radius 3 is 2.75 bits per heavy atom. The summed E-state index contributed by atoms with van der Waals surface area (Å²) >= 11 is 1.54. The van der Waals surface area contributed by atoms with Gasteiger partial charge in [-0.3, -0.25) is 4.79 Å². The van der Waals surface area contributed by atoms with Gasteiger partial charge in [-0.05, 0) is 35.9 Å². The lowest BCUT2D eigenvalue weighted by atomic mass is 10.1. The summed E-state index contributed by atoms with van der Waals surface area (Å²) in [6.45, 7) is 0.439. The number of nitrogens with zero attached hydrogens (tertiary/aromatic N) is 1. The van der Waals surface area contributed by atoms with Gasteiger partial charge in [-0.15, -0.1) is 11.3 Å². The van der Waals surface area contributed by atoms with Gasteiger partial charge in [0.15, 0.2) is 5.78 Å². The van der Waals surface area contributed by atoms with Crippen molar-refractivity contribution in [3.8, 4) is 11.5 Å². The smallest absolute Gasteiger partial charge is 0.185 e. The van der Waals surface area contributed by atoms with Crippen LogP contribution in [0.25, 0.3) is 6.08 Å². The van der Waals surface area contributed by atoms with Gasteiger partial charge in [0.25, 0.3) is 0 Å². The topological polar surface area (TPSA) is 59.4 Å². The highest BCUT2D eigenvalue weighted by Gasteiger charge is 2.02. The Labute approximate surface area is 143 Å². The Bertz CT molecular complexity index is 839. The van der Waals surface area contributed by atoms with Crippen LogP contribution in [-0.2, 0) is 6.61 Å². The van der Waals surface area contributed by atoms with Gasteiger partial charge >= 0.3 is 0 Å². The van der Waals surface area contributed by atoms with E-state index in [1.165, 1.54) is 29.5 Å². The van der Waals surface area contributed by atoms with Crippen molar-refractivity contribution in [2.45, 2.75) is 6.61 Å². The van der Waals surface area contributed by atoms with E-state index >= 15 is 0 Å². The van der Waals surface area contributed by atoms with Crippen LogP contribution in [0.4, 0.5) is 0 Å². The van der Waals surface area contributed by atoms with Crippen LogP contribution < -0.4 is 4.74 Å². The molecule has 0 saturated carbocycles. The molecule has 1 heterocycles. The Hall–Kier alpha value is -2.92. The van der Waals surface area contributed by atoms with Crippen molar-refractivity contribution in [1.29, 1.82) is 0 Å². The molecule has 120 valence electrons. The maximum Gasteiger partial charge on any atom is 0.185 e. The van der Waals surface area contributed by atoms with E-state index in [1.807, 2.05) is 29.6 Å². The van der Waals surface area contributed by atoms with E-state index in [9.17, 15) is 9.90 Å². The number of phenolic OH excluding ortho intramolecular Hbond substituents is 1. The zero-order chi connectivity index (χ0) is 16.8. The molecule has 3 aromatic rings. The van der Waals surface area contributed by atoms with Crippen LogP contribution in [0.3, 0.4) is 0 Å². The van der Waals surface area contributed by atoms with Crippen molar-refractivity contribution < 1.29 is 14.6 Å². The molecule has 0 aliphatic carbocycles. The summed E-state index contributed by atoms with van der Waals surface area (Å²) in [5, 5.41) is 11.4. The minimum absolute atomic E-state index is 0.0795. The molecule has 0 radical (unpaired) electrons. The Morgan fingerprint density at radius 2 is 2.04 bits per heavy atom. The number of aromatic nitrogens is 1. The number of carbonyl (C=O) groups excluding carboxylic acids is 1. The summed E-state index contributed by atoms with van der Waals surface area (Å²) in [7, 11) is 0. The lowest BCUT2D eigenvalue weighted by molar-refractivity contribution is 0.104. The first-order valence-corrected chi connectivity index (χ1v) is 8.26. The number of thiazole rings is 1. The second-order valence-electron chi connectivity index (χ2n) is 5.09. The average molecular weight is 337 g/mol. The molecule has 0 atom stereocenters. The largest absolute Gasteiger partial charge is 0.508 e. The van der Waals surface area contributed by atoms with Crippen molar-refractivity contribution in [3.63, 3.8) is 0 Å². The van der Waals surface area contributed by atoms with E-state index in [-0.39, 0.29) is 11.5 Å². The molecular formula is C19H15NO3S. The monoisotopic (exact) mass is 337 g/mol. The molecule has 24 heavy (non-hydrogen) atoms. The van der Waals surface area contributed by atoms with Gasteiger partial charge in [-0.25, -0.2) is 4.98 Å². The number of hydrogen-bond acceptors (Lipinski definition) is 5. The molecule has 0 saturated heterocycles. The van der Waals surface area contributed by atoms with Crippen molar-refractivity contribution >= 4 is 23.2 Å². The van der Waals surface area contributed by atoms with Gasteiger partial charge in [-0.2, -0.15) is 0 Å². The molecule has 3 rings (SSSR count). The molecule has 0 unspecified atom stereocenters. The lowest BCUT2D eigenvalue weighted by Crippen LogP contribution is -1.95. The minimum Gasteiger partial charge on any atom is -0.508 e. The van der Waals surface area contributed by atoms with Gasteiger partial charge in [0.2, 0.25) is 0 Å². The van der Waals surface area contributed by atoms with Gasteiger partial charge in [-0.1, -0.05) is 30.3 Å². The minimum atomic E-state index is -0.158. The molecule has 1 N–H and O–H groups in total. The maximum atomic E-state index is 12.0. The van der Waals surface area contributed by atoms with Crippen molar-refractivity contribution in [1.82, 2.24) is 4.98 Å². The zero-order valence-corrected chi connectivity index (χ0v) is 13.6. The highest BCUT2D eigenvalue weighted by Crippen LogP contribution is 2.16. The van der Waals surface area contributed by atoms with Crippen LogP contribution in [0.15, 0.2) is 65.5 Å². The second-order valence-corrected chi connectivity index (χ2v) is 5.80. The summed E-state index contributed by atoms with van der Waals surface area (Å²) in [6.07, 6.45) is 3.22. The van der Waals surface area contributed by atoms with Crippen LogP contribution in [0, 0.1) is 0 Å². The van der Waals surface area contributed by atoms with Crippen LogP contribution in [-0.4, -0.2) is 15.9 Å². The summed E-state index contributed by atoms with van der Waals surface area (Å²) < 4.78 is 5.64. The predicted octanol–water partition coefficient (Wildman–Crippen LogP) is 4.32. The van der Waals surface area contributed by atoms with Gasteiger partial charge in [0.1, 0.15) is 18.1 Å². The fraction of sp³-hybridized carbons (Fsp3) is 0.0526. The fourth-order valence-corrected chi connectivity index (χ4v) is 2.61. The summed E-state index contributed by atoms with van der Waals surface area (Å²) in [5.41, 5.74) is 4.02. The van der Waals surface area contributed by atoms with E-state index in [4.69, 9.17) is 4.74 Å². The molecule has 5 heteroatoms. The molecule has 0 aliphatic rings. The zero-order valence-electron chi connectivity index (χ0n) is 12.8. The SMILES string of the molecule is O=C(C=Cc1ccc(OCc2cscn2)cc1)c1cccc(O)c1. The first kappa shape index (κ1) is 16.0. The van der Waals surface area contributed by atoms with E-state index < -0.39 is 0 Å². The maximum absolute atomic E-state index is 12.0. The number of carbonyl (C=O) groups is 1. The van der Waals surface area contributed by atoms with E-state index in [2.05, 4.69) is 4.98 Å². The van der Waals surface area contributed by atoms with Gasteiger partial charge in [0.05, 0.1) is 11.2 Å². The third kappa shape index (κ3) is 4.30. The molecular weight excluding hydrogens is 322 g/mol. The first-order valence-electron chi connectivity index (χ1n) is 7.32. The first-order chi connectivity index (χ1) is 11.7. The van der Waals surface area contributed by atoms with Gasteiger partial charge in [0, 0.05) is 10.9 Å². The van der Waals surface area contributed by atoms with Crippen LogP contribution >= 0.6 is 11.3 Å². The normalized spacial score (nSPS) is 10.8. The Kier molecular flexibility index (Phi) is 5.03. The van der Waals surface area contributed by atoms with Crippen molar-refractivity contribution in [3.05, 3.63) is 82.3 Å². The number of ketones is 1. The Balaban J connectivity index is 1.60. The summed E-state index contributed by atoms with van der Waals surface area (Å²) in [6, 6.07) is 13.8. The molecule has 0 fully saturated rings. The fourth-order valence-electron chi connectivity index (χ4n) is 2.07.